The lowest BCUT2D eigenvalue weighted by atomic mass is 10.2. The van der Waals surface area contributed by atoms with Crippen molar-refractivity contribution in [2.24, 2.45) is 0 Å². The van der Waals surface area contributed by atoms with Gasteiger partial charge in [-0.25, -0.2) is 4.79 Å². The summed E-state index contributed by atoms with van der Waals surface area (Å²) in [5, 5.41) is 8.38. The van der Waals surface area contributed by atoms with E-state index < -0.39 is 5.97 Å². The van der Waals surface area contributed by atoms with Gasteiger partial charge < -0.3 is 5.11 Å². The quantitative estimate of drug-likeness (QED) is 0.857. The van der Waals surface area contributed by atoms with Crippen LogP contribution in [-0.4, -0.2) is 16.1 Å². The fraction of sp³-hybridized carbons (Fsp3) is 0. The Balaban J connectivity index is 0.000000171. The van der Waals surface area contributed by atoms with Crippen molar-refractivity contribution in [3.05, 3.63) is 72.6 Å². The molecule has 0 atom stereocenters. The van der Waals surface area contributed by atoms with Gasteiger partial charge in [0.15, 0.2) is 0 Å². The van der Waals surface area contributed by atoms with Gasteiger partial charge in [0.2, 0.25) is 0 Å². The lowest BCUT2D eigenvalue weighted by molar-refractivity contribution is 0.0697. The van der Waals surface area contributed by atoms with Crippen LogP contribution in [0.1, 0.15) is 16.1 Å². The Morgan fingerprint density at radius 3 is 2.12 bits per heavy atom. The lowest BCUT2D eigenvalue weighted by Crippen LogP contribution is -1.93. The Hall–Kier alpha value is -2.42. The Morgan fingerprint density at radius 2 is 1.76 bits per heavy atom. The third kappa shape index (κ3) is 4.75. The van der Waals surface area contributed by atoms with E-state index in [9.17, 15) is 4.79 Å². The number of hydrogen-bond acceptors (Lipinski definition) is 2. The summed E-state index contributed by atoms with van der Waals surface area (Å²) in [5.41, 5.74) is 1.25. The molecule has 0 amide bonds. The predicted molar refractivity (Wildman–Crippen MR) is 67.7 cm³/mol. The zero-order valence-corrected chi connectivity index (χ0v) is 9.28. The Kier molecular flexibility index (Phi) is 5.17. The summed E-state index contributed by atoms with van der Waals surface area (Å²) in [5.74, 6) is -0.879. The van der Waals surface area contributed by atoms with Crippen molar-refractivity contribution in [3.63, 3.8) is 0 Å². The first kappa shape index (κ1) is 12.6. The molecule has 0 radical (unpaired) electrons. The van der Waals surface area contributed by atoms with Gasteiger partial charge >= 0.3 is 5.97 Å². The number of aromatic nitrogens is 1. The van der Waals surface area contributed by atoms with E-state index in [0.29, 0.717) is 5.56 Å². The summed E-state index contributed by atoms with van der Waals surface area (Å²) in [7, 11) is 0. The largest absolute Gasteiger partial charge is 0.478 e. The molecule has 0 saturated heterocycles. The number of carbonyl (C=O) groups is 1. The number of aromatic carboxylic acids is 1. The van der Waals surface area contributed by atoms with Crippen LogP contribution in [-0.2, 0) is 0 Å². The third-order valence-electron chi connectivity index (χ3n) is 1.92. The molecule has 3 nitrogen and oxygen atoms in total. The van der Waals surface area contributed by atoms with Gasteiger partial charge in [0.05, 0.1) is 11.3 Å². The van der Waals surface area contributed by atoms with Gasteiger partial charge in [0.25, 0.3) is 0 Å². The Morgan fingerprint density at radius 1 is 1.12 bits per heavy atom. The van der Waals surface area contributed by atoms with E-state index in [1.807, 2.05) is 18.2 Å². The summed E-state index contributed by atoms with van der Waals surface area (Å²) in [6.45, 7) is 3.57. The highest BCUT2D eigenvalue weighted by Crippen LogP contribution is 1.96. The van der Waals surface area contributed by atoms with E-state index in [-0.39, 0.29) is 0 Å². The SMILES string of the molecule is C=Cc1ccccn1.O=C(O)c1ccccc1. The fourth-order valence-electron chi connectivity index (χ4n) is 1.08. The van der Waals surface area contributed by atoms with E-state index in [0.717, 1.165) is 5.69 Å². The van der Waals surface area contributed by atoms with Crippen LogP contribution in [0.2, 0.25) is 0 Å². The number of pyridine rings is 1. The molecule has 3 heteroatoms. The molecule has 2 aromatic rings. The van der Waals surface area contributed by atoms with Crippen molar-refractivity contribution < 1.29 is 9.90 Å². The fourth-order valence-corrected chi connectivity index (χ4v) is 1.08. The van der Waals surface area contributed by atoms with Crippen LogP contribution in [0.3, 0.4) is 0 Å². The maximum Gasteiger partial charge on any atom is 0.335 e. The minimum atomic E-state index is -0.879. The molecular weight excluding hydrogens is 214 g/mol. The third-order valence-corrected chi connectivity index (χ3v) is 1.92. The van der Waals surface area contributed by atoms with E-state index >= 15 is 0 Å². The zero-order chi connectivity index (χ0) is 12.5. The summed E-state index contributed by atoms with van der Waals surface area (Å²) < 4.78 is 0. The second-order valence-electron chi connectivity index (χ2n) is 3.13. The molecule has 0 aliphatic rings. The van der Waals surface area contributed by atoms with Crippen molar-refractivity contribution in [2.45, 2.75) is 0 Å². The van der Waals surface area contributed by atoms with Gasteiger partial charge in [-0.1, -0.05) is 30.8 Å². The number of hydrogen-bond donors (Lipinski definition) is 1. The predicted octanol–water partition coefficient (Wildman–Crippen LogP) is 3.11. The minimum Gasteiger partial charge on any atom is -0.478 e. The minimum absolute atomic E-state index is 0.331. The average Bonchev–Trinajstić information content (AvgIpc) is 2.41. The Bertz CT molecular complexity index is 466. The van der Waals surface area contributed by atoms with Crippen molar-refractivity contribution in [2.75, 3.05) is 0 Å². The topological polar surface area (TPSA) is 50.2 Å². The monoisotopic (exact) mass is 227 g/mol. The van der Waals surface area contributed by atoms with Crippen molar-refractivity contribution in [3.8, 4) is 0 Å². The van der Waals surface area contributed by atoms with Gasteiger partial charge in [-0.15, -0.1) is 0 Å². The van der Waals surface area contributed by atoms with E-state index in [1.165, 1.54) is 0 Å². The maximum atomic E-state index is 10.2. The molecule has 2 rings (SSSR count). The number of rotatable bonds is 2. The molecule has 0 unspecified atom stereocenters. The van der Waals surface area contributed by atoms with E-state index in [4.69, 9.17) is 5.11 Å². The summed E-state index contributed by atoms with van der Waals surface area (Å²) in [6.07, 6.45) is 3.47. The van der Waals surface area contributed by atoms with Crippen LogP contribution in [0.5, 0.6) is 0 Å². The van der Waals surface area contributed by atoms with Crippen molar-refractivity contribution in [1.29, 1.82) is 0 Å². The van der Waals surface area contributed by atoms with E-state index in [1.54, 1.807) is 42.6 Å². The van der Waals surface area contributed by atoms with Crippen molar-refractivity contribution in [1.82, 2.24) is 4.98 Å². The smallest absolute Gasteiger partial charge is 0.335 e. The van der Waals surface area contributed by atoms with Crippen LogP contribution >= 0.6 is 0 Å². The summed E-state index contributed by atoms with van der Waals surface area (Å²) in [4.78, 5) is 14.2. The molecule has 17 heavy (non-hydrogen) atoms. The Labute approximate surface area is 100 Å². The number of nitrogens with zero attached hydrogens (tertiary/aromatic N) is 1. The molecule has 86 valence electrons. The van der Waals surface area contributed by atoms with Crippen LogP contribution < -0.4 is 0 Å². The highest BCUT2D eigenvalue weighted by atomic mass is 16.4. The van der Waals surface area contributed by atoms with Gasteiger partial charge in [-0.3, -0.25) is 4.98 Å². The molecule has 1 heterocycles. The van der Waals surface area contributed by atoms with Gasteiger partial charge in [-0.2, -0.15) is 0 Å². The normalized spacial score (nSPS) is 8.71. The van der Waals surface area contributed by atoms with Gasteiger partial charge in [0.1, 0.15) is 0 Å². The molecule has 1 aromatic carbocycles. The summed E-state index contributed by atoms with van der Waals surface area (Å²) in [6, 6.07) is 14.0. The van der Waals surface area contributed by atoms with Crippen LogP contribution in [0, 0.1) is 0 Å². The first-order chi connectivity index (χ1) is 8.24. The lowest BCUT2D eigenvalue weighted by Gasteiger charge is -1.88. The molecule has 0 fully saturated rings. The first-order valence-electron chi connectivity index (χ1n) is 5.06. The molecule has 1 N–H and O–H groups in total. The molecule has 1 aromatic heterocycles. The number of benzene rings is 1. The number of carboxylic acid groups (broad SMARTS) is 1. The molecule has 0 aliphatic carbocycles. The number of carboxylic acids is 1. The maximum absolute atomic E-state index is 10.2. The highest BCUT2D eigenvalue weighted by molar-refractivity contribution is 5.87. The summed E-state index contributed by atoms with van der Waals surface area (Å²) >= 11 is 0. The van der Waals surface area contributed by atoms with E-state index in [2.05, 4.69) is 11.6 Å². The van der Waals surface area contributed by atoms with Crippen LogP contribution in [0.4, 0.5) is 0 Å². The highest BCUT2D eigenvalue weighted by Gasteiger charge is 1.96. The van der Waals surface area contributed by atoms with Gasteiger partial charge in [-0.05, 0) is 30.3 Å². The van der Waals surface area contributed by atoms with Crippen LogP contribution in [0.15, 0.2) is 61.3 Å². The average molecular weight is 227 g/mol. The molecule has 0 bridgehead atoms. The molecular formula is C14H13NO2. The second-order valence-corrected chi connectivity index (χ2v) is 3.13. The molecule has 0 aliphatic heterocycles. The van der Waals surface area contributed by atoms with Gasteiger partial charge in [0, 0.05) is 6.20 Å². The zero-order valence-electron chi connectivity index (χ0n) is 9.28. The standard InChI is InChI=1S/C7H7N.C7H6O2/c1-2-7-5-3-4-6-8-7;8-7(9)6-4-2-1-3-5-6/h2-6H,1H2;1-5H,(H,8,9). The second kappa shape index (κ2) is 6.95. The van der Waals surface area contributed by atoms with Crippen LogP contribution in [0.25, 0.3) is 6.08 Å². The molecule has 0 saturated carbocycles. The molecule has 0 spiro atoms. The van der Waals surface area contributed by atoms with Crippen molar-refractivity contribution >= 4 is 12.0 Å². The first-order valence-corrected chi connectivity index (χ1v) is 5.06.